The quantitative estimate of drug-likeness (QED) is 0.524. The van der Waals surface area contributed by atoms with Gasteiger partial charge in [0, 0.05) is 11.1 Å². The van der Waals surface area contributed by atoms with Gasteiger partial charge in [0.1, 0.15) is 11.3 Å². The van der Waals surface area contributed by atoms with Crippen molar-refractivity contribution in [2.24, 2.45) is 0 Å². The Kier molecular flexibility index (Phi) is 4.44. The van der Waals surface area contributed by atoms with Crippen molar-refractivity contribution in [3.63, 3.8) is 0 Å². The van der Waals surface area contributed by atoms with Crippen molar-refractivity contribution in [1.82, 2.24) is 14.6 Å². The van der Waals surface area contributed by atoms with Gasteiger partial charge in [-0.05, 0) is 37.8 Å². The number of nitrogens with zero attached hydrogens (tertiary/aromatic N) is 2. The highest BCUT2D eigenvalue weighted by atomic mass is 19.4. The molecule has 1 fully saturated rings. The molecule has 1 aliphatic carbocycles. The van der Waals surface area contributed by atoms with Gasteiger partial charge in [-0.3, -0.25) is 4.79 Å². The summed E-state index contributed by atoms with van der Waals surface area (Å²) in [6, 6.07) is 2.36. The lowest BCUT2D eigenvalue weighted by Crippen LogP contribution is -2.13. The SMILES string of the molecule is CCOC(=O)c1nn2cc(-c3ccc(C(F)(F)F)c(F)c3)[nH]c(=O)c2c1C1CC1. The maximum Gasteiger partial charge on any atom is 0.419 e. The minimum absolute atomic E-state index is 0.0161. The Bertz CT molecular complexity index is 1180. The molecule has 0 saturated heterocycles. The molecule has 29 heavy (non-hydrogen) atoms. The zero-order valence-electron chi connectivity index (χ0n) is 15.1. The zero-order valence-corrected chi connectivity index (χ0v) is 15.1. The third-order valence-corrected chi connectivity index (χ3v) is 4.70. The van der Waals surface area contributed by atoms with E-state index in [2.05, 4.69) is 10.1 Å². The van der Waals surface area contributed by atoms with E-state index in [1.54, 1.807) is 6.92 Å². The first-order valence-electron chi connectivity index (χ1n) is 8.90. The molecule has 3 aromatic rings. The van der Waals surface area contributed by atoms with Crippen LogP contribution in [0.4, 0.5) is 17.6 Å². The number of hydrogen-bond acceptors (Lipinski definition) is 4. The summed E-state index contributed by atoms with van der Waals surface area (Å²) in [4.78, 5) is 27.5. The molecular formula is C19H15F4N3O3. The van der Waals surface area contributed by atoms with Crippen molar-refractivity contribution in [1.29, 1.82) is 0 Å². The summed E-state index contributed by atoms with van der Waals surface area (Å²) in [5, 5.41) is 4.17. The van der Waals surface area contributed by atoms with Gasteiger partial charge in [-0.25, -0.2) is 13.7 Å². The van der Waals surface area contributed by atoms with E-state index < -0.39 is 29.1 Å². The number of benzene rings is 1. The fourth-order valence-corrected chi connectivity index (χ4v) is 3.27. The van der Waals surface area contributed by atoms with Gasteiger partial charge in [-0.2, -0.15) is 18.3 Å². The summed E-state index contributed by atoms with van der Waals surface area (Å²) < 4.78 is 58.4. The third kappa shape index (κ3) is 3.39. The number of halogens is 4. The number of H-pyrrole nitrogens is 1. The van der Waals surface area contributed by atoms with Crippen LogP contribution in [0.1, 0.15) is 47.3 Å². The second-order valence-corrected chi connectivity index (χ2v) is 6.74. The van der Waals surface area contributed by atoms with Gasteiger partial charge in [0.2, 0.25) is 0 Å². The number of nitrogens with one attached hydrogen (secondary N) is 1. The summed E-state index contributed by atoms with van der Waals surface area (Å²) in [6.45, 7) is 1.79. The first kappa shape index (κ1) is 19.2. The van der Waals surface area contributed by atoms with Crippen molar-refractivity contribution in [2.75, 3.05) is 6.61 Å². The van der Waals surface area contributed by atoms with E-state index in [0.717, 1.165) is 18.9 Å². The molecule has 6 nitrogen and oxygen atoms in total. The first-order valence-corrected chi connectivity index (χ1v) is 8.90. The maximum absolute atomic E-state index is 13.9. The average Bonchev–Trinajstić information content (AvgIpc) is 3.40. The van der Waals surface area contributed by atoms with Crippen molar-refractivity contribution in [3.8, 4) is 11.3 Å². The van der Waals surface area contributed by atoms with E-state index in [4.69, 9.17) is 4.74 Å². The van der Waals surface area contributed by atoms with E-state index in [0.29, 0.717) is 17.7 Å². The van der Waals surface area contributed by atoms with E-state index in [-0.39, 0.29) is 35.0 Å². The number of fused-ring (bicyclic) bond motifs is 1. The lowest BCUT2D eigenvalue weighted by molar-refractivity contribution is -0.139. The molecule has 0 spiro atoms. The summed E-state index contributed by atoms with van der Waals surface area (Å²) >= 11 is 0. The number of hydrogen-bond donors (Lipinski definition) is 1. The summed E-state index contributed by atoms with van der Waals surface area (Å²) in [6.07, 6.45) is -1.87. The normalized spacial score (nSPS) is 14.4. The predicted molar refractivity (Wildman–Crippen MR) is 94.1 cm³/mol. The number of aromatic amines is 1. The molecule has 10 heteroatoms. The fraction of sp³-hybridized carbons (Fsp3) is 0.316. The molecule has 1 saturated carbocycles. The number of aromatic nitrogens is 3. The Labute approximate surface area is 161 Å². The Hall–Kier alpha value is -3.17. The fourth-order valence-electron chi connectivity index (χ4n) is 3.27. The maximum atomic E-state index is 13.9. The summed E-state index contributed by atoms with van der Waals surface area (Å²) in [7, 11) is 0. The van der Waals surface area contributed by atoms with Gasteiger partial charge < -0.3 is 9.72 Å². The molecule has 0 unspecified atom stereocenters. The molecular weight excluding hydrogens is 394 g/mol. The summed E-state index contributed by atoms with van der Waals surface area (Å²) in [5.74, 6) is -2.09. The van der Waals surface area contributed by atoms with Crippen LogP contribution < -0.4 is 5.56 Å². The van der Waals surface area contributed by atoms with E-state index in [9.17, 15) is 27.2 Å². The minimum atomic E-state index is -4.82. The number of rotatable bonds is 4. The molecule has 1 aromatic carbocycles. The number of esters is 1. The van der Waals surface area contributed by atoms with Crippen LogP contribution in [0.25, 0.3) is 16.8 Å². The second-order valence-electron chi connectivity index (χ2n) is 6.74. The molecule has 0 aliphatic heterocycles. The molecule has 0 amide bonds. The third-order valence-electron chi connectivity index (χ3n) is 4.70. The predicted octanol–water partition coefficient (Wildman–Crippen LogP) is 3.90. The van der Waals surface area contributed by atoms with Crippen molar-refractivity contribution < 1.29 is 27.1 Å². The van der Waals surface area contributed by atoms with Crippen molar-refractivity contribution in [2.45, 2.75) is 31.9 Å². The Balaban J connectivity index is 1.85. The highest BCUT2D eigenvalue weighted by molar-refractivity contribution is 5.92. The monoisotopic (exact) mass is 409 g/mol. The van der Waals surface area contributed by atoms with E-state index >= 15 is 0 Å². The van der Waals surface area contributed by atoms with Crippen LogP contribution in [0.2, 0.25) is 0 Å². The molecule has 2 heterocycles. The van der Waals surface area contributed by atoms with Crippen molar-refractivity contribution in [3.05, 3.63) is 57.4 Å². The Morgan fingerprint density at radius 2 is 2.07 bits per heavy atom. The van der Waals surface area contributed by atoms with Crippen LogP contribution >= 0.6 is 0 Å². The molecule has 152 valence electrons. The lowest BCUT2D eigenvalue weighted by Gasteiger charge is -2.09. The van der Waals surface area contributed by atoms with Gasteiger partial charge in [0.15, 0.2) is 5.69 Å². The van der Waals surface area contributed by atoms with E-state index in [1.807, 2.05) is 0 Å². The topological polar surface area (TPSA) is 76.5 Å². The van der Waals surface area contributed by atoms with Crippen LogP contribution in [-0.2, 0) is 10.9 Å². The van der Waals surface area contributed by atoms with Crippen LogP contribution in [0.5, 0.6) is 0 Å². The van der Waals surface area contributed by atoms with Crippen LogP contribution in [0.15, 0.2) is 29.2 Å². The largest absolute Gasteiger partial charge is 0.461 e. The second kappa shape index (κ2) is 6.71. The molecule has 1 aliphatic rings. The number of ether oxygens (including phenoxy) is 1. The van der Waals surface area contributed by atoms with Gasteiger partial charge in [0.05, 0.1) is 24.1 Å². The van der Waals surface area contributed by atoms with Gasteiger partial charge in [0.25, 0.3) is 5.56 Å². The molecule has 0 bridgehead atoms. The van der Waals surface area contributed by atoms with E-state index in [1.165, 1.54) is 10.7 Å². The highest BCUT2D eigenvalue weighted by Gasteiger charge is 2.35. The van der Waals surface area contributed by atoms with Gasteiger partial charge in [-0.15, -0.1) is 0 Å². The minimum Gasteiger partial charge on any atom is -0.461 e. The lowest BCUT2D eigenvalue weighted by atomic mass is 10.1. The molecule has 4 rings (SSSR count). The summed E-state index contributed by atoms with van der Waals surface area (Å²) in [5.41, 5.74) is -1.17. The van der Waals surface area contributed by atoms with Crippen LogP contribution in [-0.4, -0.2) is 27.2 Å². The highest BCUT2D eigenvalue weighted by Crippen LogP contribution is 2.43. The first-order chi connectivity index (χ1) is 13.7. The molecule has 1 N–H and O–H groups in total. The van der Waals surface area contributed by atoms with Gasteiger partial charge in [-0.1, -0.05) is 6.07 Å². The number of alkyl halides is 3. The Morgan fingerprint density at radius 1 is 1.34 bits per heavy atom. The smallest absolute Gasteiger partial charge is 0.419 e. The van der Waals surface area contributed by atoms with Gasteiger partial charge >= 0.3 is 12.1 Å². The molecule has 2 aromatic heterocycles. The number of carbonyl (C=O) groups is 1. The average molecular weight is 409 g/mol. The number of carbonyl (C=O) groups excluding carboxylic acids is 1. The Morgan fingerprint density at radius 3 is 2.66 bits per heavy atom. The van der Waals surface area contributed by atoms with Crippen LogP contribution in [0.3, 0.4) is 0 Å². The molecule has 0 atom stereocenters. The zero-order chi connectivity index (χ0) is 20.9. The van der Waals surface area contributed by atoms with Crippen molar-refractivity contribution >= 4 is 11.5 Å². The standard InChI is InChI=1S/C19H15F4N3O3/c1-2-29-18(28)15-14(9-3-4-9)16-17(27)24-13(8-26(16)25-15)10-5-6-11(12(20)7-10)19(21,22)23/h5-9H,2-4H2,1H3,(H,24,27). The molecule has 0 radical (unpaired) electrons. The van der Waals surface area contributed by atoms with Crippen LogP contribution in [0, 0.1) is 5.82 Å².